The first-order chi connectivity index (χ1) is 9.13. The smallest absolute Gasteiger partial charge is 0.179 e. The van der Waals surface area contributed by atoms with E-state index < -0.39 is 0 Å². The Kier molecular flexibility index (Phi) is 3.31. The van der Waals surface area contributed by atoms with E-state index >= 15 is 0 Å². The zero-order valence-electron chi connectivity index (χ0n) is 9.73. The van der Waals surface area contributed by atoms with Crippen LogP contribution in [0.5, 0.6) is 0 Å². The highest BCUT2D eigenvalue weighted by atomic mass is 35.5. The van der Waals surface area contributed by atoms with Crippen LogP contribution in [-0.2, 0) is 6.54 Å². The van der Waals surface area contributed by atoms with Gasteiger partial charge < -0.3 is 4.98 Å². The Bertz CT molecular complexity index is 807. The molecule has 0 amide bonds. The van der Waals surface area contributed by atoms with Gasteiger partial charge >= 0.3 is 0 Å². The summed E-state index contributed by atoms with van der Waals surface area (Å²) in [5.74, 6) is 0. The monoisotopic (exact) mass is 309 g/mol. The molecule has 0 saturated carbocycles. The van der Waals surface area contributed by atoms with Crippen LogP contribution in [0.15, 0.2) is 36.5 Å². The average molecular weight is 310 g/mol. The molecule has 0 radical (unpaired) electrons. The molecule has 3 rings (SSSR count). The minimum Gasteiger partial charge on any atom is -0.329 e. The van der Waals surface area contributed by atoms with Gasteiger partial charge in [-0.1, -0.05) is 35.3 Å². The van der Waals surface area contributed by atoms with Crippen molar-refractivity contribution in [2.45, 2.75) is 6.54 Å². The lowest BCUT2D eigenvalue weighted by atomic mass is 10.2. The number of H-pyrrole nitrogens is 1. The number of hydrogen-bond donors (Lipinski definition) is 1. The van der Waals surface area contributed by atoms with Crippen molar-refractivity contribution >= 4 is 46.6 Å². The Morgan fingerprint density at radius 3 is 2.84 bits per heavy atom. The number of aromatic nitrogens is 3. The van der Waals surface area contributed by atoms with E-state index in [9.17, 15) is 0 Å². The van der Waals surface area contributed by atoms with Crippen LogP contribution in [0, 0.1) is 4.77 Å². The number of hydrogen-bond acceptors (Lipinski definition) is 2. The first kappa shape index (κ1) is 12.7. The zero-order valence-corrected chi connectivity index (χ0v) is 12.1. The molecule has 0 aliphatic heterocycles. The van der Waals surface area contributed by atoms with Crippen LogP contribution in [0.4, 0.5) is 0 Å². The molecule has 2 aromatic heterocycles. The third kappa shape index (κ3) is 2.52. The minimum atomic E-state index is 0.582. The molecule has 0 bridgehead atoms. The van der Waals surface area contributed by atoms with Gasteiger partial charge in [0.25, 0.3) is 0 Å². The Morgan fingerprint density at radius 1 is 1.21 bits per heavy atom. The molecule has 0 unspecified atom stereocenters. The number of nitrogens with zero attached hydrogens (tertiary/aromatic N) is 2. The minimum absolute atomic E-state index is 0.582. The predicted octanol–water partition coefficient (Wildman–Crippen LogP) is 4.45. The second-order valence-electron chi connectivity index (χ2n) is 4.17. The molecule has 0 spiro atoms. The molecule has 19 heavy (non-hydrogen) atoms. The summed E-state index contributed by atoms with van der Waals surface area (Å²) >= 11 is 17.2. The Balaban J connectivity index is 2.10. The van der Waals surface area contributed by atoms with Crippen LogP contribution in [0.1, 0.15) is 5.56 Å². The third-order valence-electron chi connectivity index (χ3n) is 2.81. The normalized spacial score (nSPS) is 11.1. The summed E-state index contributed by atoms with van der Waals surface area (Å²) in [5.41, 5.74) is 2.69. The van der Waals surface area contributed by atoms with Gasteiger partial charge in [0.1, 0.15) is 0 Å². The Hall–Kier alpha value is -1.36. The summed E-state index contributed by atoms with van der Waals surface area (Å²) in [6, 6.07) is 9.49. The number of pyridine rings is 1. The Morgan fingerprint density at radius 2 is 2.05 bits per heavy atom. The molecule has 96 valence electrons. The molecule has 1 aromatic carbocycles. The van der Waals surface area contributed by atoms with Crippen molar-refractivity contribution in [3.8, 4) is 0 Å². The first-order valence-corrected chi connectivity index (χ1v) is 6.78. The fourth-order valence-corrected chi connectivity index (χ4v) is 2.61. The van der Waals surface area contributed by atoms with Crippen molar-refractivity contribution in [3.63, 3.8) is 0 Å². The largest absolute Gasteiger partial charge is 0.329 e. The lowest BCUT2D eigenvalue weighted by Gasteiger charge is -2.04. The van der Waals surface area contributed by atoms with Crippen LogP contribution >= 0.6 is 35.4 Å². The van der Waals surface area contributed by atoms with Gasteiger partial charge in [-0.15, -0.1) is 0 Å². The maximum atomic E-state index is 5.99. The van der Waals surface area contributed by atoms with Crippen molar-refractivity contribution in [1.82, 2.24) is 14.5 Å². The van der Waals surface area contributed by atoms with E-state index in [-0.39, 0.29) is 0 Å². The van der Waals surface area contributed by atoms with Crippen LogP contribution in [0.2, 0.25) is 10.0 Å². The predicted molar refractivity (Wildman–Crippen MR) is 80.5 cm³/mol. The van der Waals surface area contributed by atoms with Gasteiger partial charge in [0.2, 0.25) is 0 Å². The maximum Gasteiger partial charge on any atom is 0.179 e. The number of benzene rings is 1. The van der Waals surface area contributed by atoms with Gasteiger partial charge in [-0.3, -0.25) is 4.57 Å². The molecular formula is C13H9Cl2N3S. The van der Waals surface area contributed by atoms with E-state index in [0.717, 1.165) is 16.7 Å². The van der Waals surface area contributed by atoms with E-state index in [4.69, 9.17) is 35.4 Å². The highest BCUT2D eigenvalue weighted by Gasteiger charge is 2.07. The molecule has 2 heterocycles. The fraction of sp³-hybridized carbons (Fsp3) is 0.0769. The number of imidazole rings is 1. The van der Waals surface area contributed by atoms with Crippen molar-refractivity contribution in [1.29, 1.82) is 0 Å². The SMILES string of the molecule is S=c1[nH]c2cc(Cl)cnc2n1Cc1cccc(Cl)c1. The highest BCUT2D eigenvalue weighted by Crippen LogP contribution is 2.18. The molecule has 3 aromatic rings. The first-order valence-electron chi connectivity index (χ1n) is 5.62. The molecule has 0 aliphatic carbocycles. The number of halogens is 2. The maximum absolute atomic E-state index is 5.99. The molecule has 3 nitrogen and oxygen atoms in total. The highest BCUT2D eigenvalue weighted by molar-refractivity contribution is 7.71. The second kappa shape index (κ2) is 4.96. The summed E-state index contributed by atoms with van der Waals surface area (Å²) in [4.78, 5) is 7.42. The van der Waals surface area contributed by atoms with Gasteiger partial charge in [0.15, 0.2) is 10.4 Å². The van der Waals surface area contributed by atoms with E-state index in [1.54, 1.807) is 6.20 Å². The van der Waals surface area contributed by atoms with Crippen LogP contribution < -0.4 is 0 Å². The quantitative estimate of drug-likeness (QED) is 0.710. The van der Waals surface area contributed by atoms with Gasteiger partial charge in [-0.2, -0.15) is 0 Å². The summed E-state index contributed by atoms with van der Waals surface area (Å²) in [7, 11) is 0. The topological polar surface area (TPSA) is 33.6 Å². The fourth-order valence-electron chi connectivity index (χ4n) is 1.98. The van der Waals surface area contributed by atoms with E-state index in [1.165, 1.54) is 0 Å². The molecule has 6 heteroatoms. The molecule has 0 aliphatic rings. The molecule has 0 fully saturated rings. The van der Waals surface area contributed by atoms with Crippen LogP contribution in [-0.4, -0.2) is 14.5 Å². The van der Waals surface area contributed by atoms with Crippen LogP contribution in [0.25, 0.3) is 11.2 Å². The zero-order chi connectivity index (χ0) is 13.4. The standard InChI is InChI=1S/C13H9Cl2N3S/c14-9-3-1-2-8(4-9)7-18-12-11(17-13(18)19)5-10(15)6-16-12/h1-6H,7H2,(H,17,19). The van der Waals surface area contributed by atoms with Gasteiger partial charge in [-0.05, 0) is 36.0 Å². The summed E-state index contributed by atoms with van der Waals surface area (Å²) in [6.07, 6.45) is 1.61. The van der Waals surface area contributed by atoms with Crippen molar-refractivity contribution in [3.05, 3.63) is 56.9 Å². The van der Waals surface area contributed by atoms with Gasteiger partial charge in [-0.25, -0.2) is 4.98 Å². The van der Waals surface area contributed by atoms with Crippen molar-refractivity contribution < 1.29 is 0 Å². The van der Waals surface area contributed by atoms with Gasteiger partial charge in [0.05, 0.1) is 17.1 Å². The number of rotatable bonds is 2. The van der Waals surface area contributed by atoms with Crippen molar-refractivity contribution in [2.75, 3.05) is 0 Å². The number of fused-ring (bicyclic) bond motifs is 1. The summed E-state index contributed by atoms with van der Waals surface area (Å²) in [6.45, 7) is 0.619. The summed E-state index contributed by atoms with van der Waals surface area (Å²) < 4.78 is 2.54. The lowest BCUT2D eigenvalue weighted by molar-refractivity contribution is 0.801. The molecule has 0 saturated heterocycles. The molecule has 1 N–H and O–H groups in total. The lowest BCUT2D eigenvalue weighted by Crippen LogP contribution is -2.00. The van der Waals surface area contributed by atoms with Crippen molar-refractivity contribution in [2.24, 2.45) is 0 Å². The average Bonchev–Trinajstić information content (AvgIpc) is 2.65. The second-order valence-corrected chi connectivity index (χ2v) is 5.43. The van der Waals surface area contributed by atoms with Gasteiger partial charge in [0, 0.05) is 11.2 Å². The van der Waals surface area contributed by atoms with E-state index in [2.05, 4.69) is 9.97 Å². The number of aromatic amines is 1. The molecule has 0 atom stereocenters. The summed E-state index contributed by atoms with van der Waals surface area (Å²) in [5, 5.41) is 1.29. The van der Waals surface area contributed by atoms with E-state index in [0.29, 0.717) is 21.4 Å². The van der Waals surface area contributed by atoms with E-state index in [1.807, 2.05) is 34.9 Å². The van der Waals surface area contributed by atoms with Crippen LogP contribution in [0.3, 0.4) is 0 Å². The third-order valence-corrected chi connectivity index (χ3v) is 3.57. The molecular weight excluding hydrogens is 301 g/mol. The Labute approximate surface area is 124 Å². The number of nitrogens with one attached hydrogen (secondary N) is 1.